The normalized spacial score (nSPS) is 32.2. The van der Waals surface area contributed by atoms with E-state index in [0.29, 0.717) is 12.2 Å². The average molecular weight is 268 g/mol. The minimum absolute atomic E-state index is 0.0487. The molecular formula is C13H17O4P. The van der Waals surface area contributed by atoms with Crippen molar-refractivity contribution < 1.29 is 18.4 Å². The first kappa shape index (κ1) is 13.3. The molecule has 1 aliphatic heterocycles. The second-order valence-corrected chi connectivity index (χ2v) is 6.41. The van der Waals surface area contributed by atoms with E-state index in [4.69, 9.17) is 9.05 Å². The Morgan fingerprint density at radius 2 is 2.06 bits per heavy atom. The van der Waals surface area contributed by atoms with Crippen molar-refractivity contribution in [1.82, 2.24) is 0 Å². The van der Waals surface area contributed by atoms with Crippen molar-refractivity contribution in [3.8, 4) is 5.75 Å². The first-order chi connectivity index (χ1) is 8.54. The summed E-state index contributed by atoms with van der Waals surface area (Å²) in [5.74, 6) is 0.210. The zero-order valence-corrected chi connectivity index (χ0v) is 11.4. The average Bonchev–Trinajstić information content (AvgIpc) is 2.35. The lowest BCUT2D eigenvalue weighted by Gasteiger charge is -2.32. The van der Waals surface area contributed by atoms with Gasteiger partial charge in [0.05, 0.1) is 6.10 Å². The fourth-order valence-corrected chi connectivity index (χ4v) is 4.04. The van der Waals surface area contributed by atoms with E-state index in [2.05, 4.69) is 0 Å². The third-order valence-electron chi connectivity index (χ3n) is 3.10. The summed E-state index contributed by atoms with van der Waals surface area (Å²) in [6.45, 7) is 3.72. The summed E-state index contributed by atoms with van der Waals surface area (Å²) in [5.41, 5.74) is 0. The van der Waals surface area contributed by atoms with Crippen molar-refractivity contribution in [3.63, 3.8) is 0 Å². The molecule has 4 nitrogen and oxygen atoms in total. The van der Waals surface area contributed by atoms with Crippen LogP contribution < -0.4 is 4.52 Å². The summed E-state index contributed by atoms with van der Waals surface area (Å²) in [4.78, 5) is 11.8. The van der Waals surface area contributed by atoms with Crippen LogP contribution in [-0.4, -0.2) is 18.0 Å². The fourth-order valence-electron chi connectivity index (χ4n) is 2.00. The maximum absolute atomic E-state index is 12.5. The molecule has 1 aliphatic rings. The maximum atomic E-state index is 12.5. The molecule has 0 N–H and O–H groups in total. The highest BCUT2D eigenvalue weighted by molar-refractivity contribution is 7.55. The van der Waals surface area contributed by atoms with Gasteiger partial charge in [-0.1, -0.05) is 32.0 Å². The van der Waals surface area contributed by atoms with Gasteiger partial charge in [0.1, 0.15) is 11.9 Å². The van der Waals surface area contributed by atoms with Gasteiger partial charge in [-0.2, -0.15) is 0 Å². The summed E-state index contributed by atoms with van der Waals surface area (Å²) >= 11 is 0. The Balaban J connectivity index is 2.16. The molecule has 18 heavy (non-hydrogen) atoms. The number of benzene rings is 1. The van der Waals surface area contributed by atoms with Gasteiger partial charge in [0.25, 0.3) is 0 Å². The second kappa shape index (κ2) is 5.25. The SMILES string of the molecule is CC[C@@H]1OP(=O)(Oc2ccccc2)CC(=O)[C@@H]1C. The monoisotopic (exact) mass is 268 g/mol. The van der Waals surface area contributed by atoms with Crippen LogP contribution in [0.15, 0.2) is 30.3 Å². The maximum Gasteiger partial charge on any atom is 0.386 e. The predicted octanol–water partition coefficient (Wildman–Crippen LogP) is 3.27. The molecule has 0 bridgehead atoms. The summed E-state index contributed by atoms with van der Waals surface area (Å²) in [6, 6.07) is 8.81. The lowest BCUT2D eigenvalue weighted by atomic mass is 9.99. The van der Waals surface area contributed by atoms with Crippen molar-refractivity contribution in [3.05, 3.63) is 30.3 Å². The Bertz CT molecular complexity index is 471. The molecule has 0 aromatic heterocycles. The zero-order chi connectivity index (χ0) is 13.2. The largest absolute Gasteiger partial charge is 0.424 e. The lowest BCUT2D eigenvalue weighted by molar-refractivity contribution is -0.124. The molecule has 1 heterocycles. The molecule has 1 saturated heterocycles. The van der Waals surface area contributed by atoms with Gasteiger partial charge in [0.2, 0.25) is 0 Å². The van der Waals surface area contributed by atoms with Gasteiger partial charge in [-0.05, 0) is 18.6 Å². The summed E-state index contributed by atoms with van der Waals surface area (Å²) < 4.78 is 23.4. The predicted molar refractivity (Wildman–Crippen MR) is 68.9 cm³/mol. The topological polar surface area (TPSA) is 52.6 Å². The van der Waals surface area contributed by atoms with E-state index >= 15 is 0 Å². The van der Waals surface area contributed by atoms with Gasteiger partial charge >= 0.3 is 7.60 Å². The van der Waals surface area contributed by atoms with Crippen molar-refractivity contribution in [2.75, 3.05) is 6.16 Å². The highest BCUT2D eigenvalue weighted by Gasteiger charge is 2.42. The molecule has 0 saturated carbocycles. The minimum atomic E-state index is -3.35. The van der Waals surface area contributed by atoms with Crippen LogP contribution in [-0.2, 0) is 13.9 Å². The second-order valence-electron chi connectivity index (χ2n) is 4.48. The summed E-state index contributed by atoms with van der Waals surface area (Å²) in [7, 11) is -3.35. The Hall–Kier alpha value is -1.12. The van der Waals surface area contributed by atoms with Crippen molar-refractivity contribution >= 4 is 13.4 Å². The van der Waals surface area contributed by atoms with Gasteiger partial charge in [-0.25, -0.2) is 4.57 Å². The van der Waals surface area contributed by atoms with E-state index in [1.54, 1.807) is 24.3 Å². The van der Waals surface area contributed by atoms with E-state index in [-0.39, 0.29) is 24.0 Å². The highest BCUT2D eigenvalue weighted by atomic mass is 31.2. The number of ketones is 1. The number of hydrogen-bond donors (Lipinski definition) is 0. The zero-order valence-electron chi connectivity index (χ0n) is 10.5. The van der Waals surface area contributed by atoms with Crippen LogP contribution in [0.5, 0.6) is 5.75 Å². The van der Waals surface area contributed by atoms with Crippen LogP contribution >= 0.6 is 7.60 Å². The summed E-state index contributed by atoms with van der Waals surface area (Å²) in [5, 5.41) is 0. The number of Topliss-reactive ketones (excluding diaryl/α,β-unsaturated/α-hetero) is 1. The van der Waals surface area contributed by atoms with Gasteiger partial charge < -0.3 is 4.52 Å². The number of carbonyl (C=O) groups is 1. The number of carbonyl (C=O) groups excluding carboxylic acids is 1. The fraction of sp³-hybridized carbons (Fsp3) is 0.462. The van der Waals surface area contributed by atoms with Crippen LogP contribution in [0.3, 0.4) is 0 Å². The van der Waals surface area contributed by atoms with E-state index in [1.807, 2.05) is 19.9 Å². The molecule has 2 rings (SSSR count). The molecule has 98 valence electrons. The molecule has 1 unspecified atom stereocenters. The van der Waals surface area contributed by atoms with Crippen LogP contribution in [0, 0.1) is 5.92 Å². The first-order valence-corrected chi connectivity index (χ1v) is 7.81. The quantitative estimate of drug-likeness (QED) is 0.789. The van der Waals surface area contributed by atoms with E-state index < -0.39 is 7.60 Å². The smallest absolute Gasteiger partial charge is 0.386 e. The summed E-state index contributed by atoms with van der Waals surface area (Å²) in [6.07, 6.45) is 0.190. The number of rotatable bonds is 3. The first-order valence-electron chi connectivity index (χ1n) is 6.09. The molecule has 1 aromatic carbocycles. The van der Waals surface area contributed by atoms with Crippen LogP contribution in [0.4, 0.5) is 0 Å². The Morgan fingerprint density at radius 3 is 2.67 bits per heavy atom. The van der Waals surface area contributed by atoms with Crippen LogP contribution in [0.2, 0.25) is 0 Å². The van der Waals surface area contributed by atoms with Crippen molar-refractivity contribution in [1.29, 1.82) is 0 Å². The Labute approximate surface area is 107 Å². The molecule has 0 aliphatic carbocycles. The Morgan fingerprint density at radius 1 is 1.39 bits per heavy atom. The van der Waals surface area contributed by atoms with Crippen molar-refractivity contribution in [2.24, 2.45) is 5.92 Å². The number of para-hydroxylation sites is 1. The molecule has 1 aromatic rings. The molecule has 0 amide bonds. The van der Waals surface area contributed by atoms with Gasteiger partial charge in [0.15, 0.2) is 5.78 Å². The van der Waals surface area contributed by atoms with E-state index in [1.165, 1.54) is 0 Å². The molecule has 0 spiro atoms. The van der Waals surface area contributed by atoms with Gasteiger partial charge in [-0.3, -0.25) is 9.32 Å². The van der Waals surface area contributed by atoms with E-state index in [0.717, 1.165) is 0 Å². The van der Waals surface area contributed by atoms with Crippen molar-refractivity contribution in [2.45, 2.75) is 26.4 Å². The Kier molecular flexibility index (Phi) is 3.88. The standard InChI is InChI=1S/C13H17O4P/c1-3-13-10(2)12(14)9-18(15,17-13)16-11-7-5-4-6-8-11/h4-8,10,13H,3,9H2,1-2H3/t10-,13-,18?/m0/s1. The highest BCUT2D eigenvalue weighted by Crippen LogP contribution is 2.53. The molecule has 3 atom stereocenters. The minimum Gasteiger partial charge on any atom is -0.424 e. The van der Waals surface area contributed by atoms with E-state index in [9.17, 15) is 9.36 Å². The molecule has 1 fully saturated rings. The lowest BCUT2D eigenvalue weighted by Crippen LogP contribution is -2.35. The van der Waals surface area contributed by atoms with Gasteiger partial charge in [0, 0.05) is 5.92 Å². The van der Waals surface area contributed by atoms with Crippen LogP contribution in [0.1, 0.15) is 20.3 Å². The molecule has 5 heteroatoms. The third kappa shape index (κ3) is 2.82. The molecular weight excluding hydrogens is 251 g/mol. The third-order valence-corrected chi connectivity index (χ3v) is 4.88. The number of hydrogen-bond acceptors (Lipinski definition) is 4. The van der Waals surface area contributed by atoms with Crippen LogP contribution in [0.25, 0.3) is 0 Å². The van der Waals surface area contributed by atoms with Gasteiger partial charge in [-0.15, -0.1) is 0 Å². The molecule has 0 radical (unpaired) electrons.